The fourth-order valence-corrected chi connectivity index (χ4v) is 4.46. The molecule has 0 spiro atoms. The molecule has 2 heterocycles. The van der Waals surface area contributed by atoms with Crippen LogP contribution in [0.3, 0.4) is 0 Å². The van der Waals surface area contributed by atoms with Crippen molar-refractivity contribution in [3.05, 3.63) is 28.2 Å². The maximum Gasteiger partial charge on any atom is 0.319 e. The van der Waals surface area contributed by atoms with Gasteiger partial charge in [-0.1, -0.05) is 15.9 Å². The number of aryl methyl sites for hydroxylation is 1. The lowest BCUT2D eigenvalue weighted by Crippen LogP contribution is -2.48. The maximum absolute atomic E-state index is 12.8. The van der Waals surface area contributed by atoms with E-state index in [9.17, 15) is 14.4 Å². The van der Waals surface area contributed by atoms with Crippen molar-refractivity contribution in [2.75, 3.05) is 45.1 Å². The Morgan fingerprint density at radius 2 is 1.72 bits per heavy atom. The molecular formula is C21H29BrN4O3. The van der Waals surface area contributed by atoms with E-state index in [2.05, 4.69) is 21.2 Å². The third-order valence-corrected chi connectivity index (χ3v) is 6.20. The molecule has 3 rings (SSSR count). The van der Waals surface area contributed by atoms with Gasteiger partial charge in [0.15, 0.2) is 0 Å². The van der Waals surface area contributed by atoms with Crippen molar-refractivity contribution in [2.45, 2.75) is 32.6 Å². The van der Waals surface area contributed by atoms with Crippen LogP contribution in [0.4, 0.5) is 10.5 Å². The first-order chi connectivity index (χ1) is 13.8. The van der Waals surface area contributed by atoms with Gasteiger partial charge in [-0.15, -0.1) is 0 Å². The number of likely N-dealkylation sites (N-methyl/N-ethyl adjacent to an activating group) is 1. The van der Waals surface area contributed by atoms with Gasteiger partial charge < -0.3 is 20.0 Å². The first kappa shape index (κ1) is 21.6. The number of hydrogen-bond donors (Lipinski definition) is 1. The molecule has 0 aromatic heterocycles. The van der Waals surface area contributed by atoms with Gasteiger partial charge in [-0.2, -0.15) is 0 Å². The van der Waals surface area contributed by atoms with E-state index >= 15 is 0 Å². The van der Waals surface area contributed by atoms with Gasteiger partial charge in [-0.3, -0.25) is 9.59 Å². The van der Waals surface area contributed by atoms with E-state index < -0.39 is 0 Å². The Labute approximate surface area is 180 Å². The molecule has 0 saturated carbocycles. The standard InChI is InChI=1S/C21H29BrN4O3/c1-15-13-17(22)5-6-18(15)23-19(27)14-24(2)20(28)16-7-11-26(12-8-16)21(29)25-9-3-4-10-25/h5-6,13,16H,3-4,7-12,14H2,1-2H3,(H,23,27). The van der Waals surface area contributed by atoms with Crippen LogP contribution >= 0.6 is 15.9 Å². The Morgan fingerprint density at radius 3 is 2.34 bits per heavy atom. The third-order valence-electron chi connectivity index (χ3n) is 5.71. The fraction of sp³-hybridized carbons (Fsp3) is 0.571. The molecule has 29 heavy (non-hydrogen) atoms. The lowest BCUT2D eigenvalue weighted by atomic mass is 9.95. The number of halogens is 1. The number of carbonyl (C=O) groups is 3. The number of urea groups is 1. The van der Waals surface area contributed by atoms with E-state index in [1.54, 1.807) is 7.05 Å². The van der Waals surface area contributed by atoms with E-state index in [1.807, 2.05) is 34.9 Å². The summed E-state index contributed by atoms with van der Waals surface area (Å²) in [5.41, 5.74) is 1.70. The molecule has 4 amide bonds. The first-order valence-electron chi connectivity index (χ1n) is 10.2. The molecule has 1 aromatic rings. The number of nitrogens with zero attached hydrogens (tertiary/aromatic N) is 3. The largest absolute Gasteiger partial charge is 0.336 e. The number of carbonyl (C=O) groups excluding carboxylic acids is 3. The summed E-state index contributed by atoms with van der Waals surface area (Å²) in [6.07, 6.45) is 3.45. The van der Waals surface area contributed by atoms with Gasteiger partial charge in [0.1, 0.15) is 0 Å². The maximum atomic E-state index is 12.8. The van der Waals surface area contributed by atoms with Gasteiger partial charge >= 0.3 is 6.03 Å². The van der Waals surface area contributed by atoms with Gasteiger partial charge in [0.2, 0.25) is 11.8 Å². The van der Waals surface area contributed by atoms with Crippen molar-refractivity contribution in [1.29, 1.82) is 0 Å². The summed E-state index contributed by atoms with van der Waals surface area (Å²) in [6, 6.07) is 5.74. The van der Waals surface area contributed by atoms with Crippen molar-refractivity contribution in [1.82, 2.24) is 14.7 Å². The van der Waals surface area contributed by atoms with Crippen LogP contribution in [0.5, 0.6) is 0 Å². The van der Waals surface area contributed by atoms with Crippen LogP contribution in [0.25, 0.3) is 0 Å². The summed E-state index contributed by atoms with van der Waals surface area (Å²) in [5.74, 6) is -0.376. The highest BCUT2D eigenvalue weighted by molar-refractivity contribution is 9.10. The smallest absolute Gasteiger partial charge is 0.319 e. The molecule has 2 saturated heterocycles. The Kier molecular flexibility index (Phi) is 7.16. The minimum atomic E-state index is -0.215. The quantitative estimate of drug-likeness (QED) is 0.743. The predicted octanol–water partition coefficient (Wildman–Crippen LogP) is 3.08. The molecule has 8 heteroatoms. The number of amides is 4. The summed E-state index contributed by atoms with van der Waals surface area (Å²) in [4.78, 5) is 42.9. The van der Waals surface area contributed by atoms with Gasteiger partial charge in [-0.25, -0.2) is 4.79 Å². The van der Waals surface area contributed by atoms with E-state index in [4.69, 9.17) is 0 Å². The molecule has 0 radical (unpaired) electrons. The first-order valence-corrected chi connectivity index (χ1v) is 11.0. The van der Waals surface area contributed by atoms with Gasteiger partial charge in [0.05, 0.1) is 6.54 Å². The Balaban J connectivity index is 1.46. The van der Waals surface area contributed by atoms with Crippen LogP contribution in [0, 0.1) is 12.8 Å². The molecule has 7 nitrogen and oxygen atoms in total. The number of rotatable bonds is 4. The molecule has 0 unspecified atom stereocenters. The Hall–Kier alpha value is -2.09. The zero-order valence-corrected chi connectivity index (χ0v) is 18.7. The molecule has 0 bridgehead atoms. The molecule has 0 aliphatic carbocycles. The zero-order valence-electron chi connectivity index (χ0n) is 17.1. The van der Waals surface area contributed by atoms with Crippen molar-refractivity contribution < 1.29 is 14.4 Å². The second-order valence-corrected chi connectivity index (χ2v) is 8.86. The van der Waals surface area contributed by atoms with Crippen molar-refractivity contribution in [3.63, 3.8) is 0 Å². The summed E-state index contributed by atoms with van der Waals surface area (Å²) >= 11 is 3.41. The van der Waals surface area contributed by atoms with Crippen molar-refractivity contribution in [2.24, 2.45) is 5.92 Å². The van der Waals surface area contributed by atoms with E-state index in [0.717, 1.165) is 41.7 Å². The lowest BCUT2D eigenvalue weighted by molar-refractivity contribution is -0.138. The molecule has 158 valence electrons. The molecule has 1 aromatic carbocycles. The van der Waals surface area contributed by atoms with Crippen LogP contribution in [-0.2, 0) is 9.59 Å². The van der Waals surface area contributed by atoms with Crippen LogP contribution in [0.15, 0.2) is 22.7 Å². The average Bonchev–Trinajstić information content (AvgIpc) is 3.24. The Morgan fingerprint density at radius 1 is 1.10 bits per heavy atom. The third kappa shape index (κ3) is 5.50. The number of piperidine rings is 1. The molecule has 2 fully saturated rings. The minimum Gasteiger partial charge on any atom is -0.336 e. The van der Waals surface area contributed by atoms with E-state index in [0.29, 0.717) is 25.9 Å². The number of likely N-dealkylation sites (tertiary alicyclic amines) is 2. The zero-order chi connectivity index (χ0) is 21.0. The lowest BCUT2D eigenvalue weighted by Gasteiger charge is -2.35. The molecule has 1 N–H and O–H groups in total. The fourth-order valence-electron chi connectivity index (χ4n) is 3.99. The molecule has 2 aliphatic heterocycles. The number of benzene rings is 1. The average molecular weight is 465 g/mol. The van der Waals surface area contributed by atoms with Crippen LogP contribution in [0.2, 0.25) is 0 Å². The van der Waals surface area contributed by atoms with Crippen LogP contribution in [-0.4, -0.2) is 72.3 Å². The monoisotopic (exact) mass is 464 g/mol. The van der Waals surface area contributed by atoms with Crippen LogP contribution in [0.1, 0.15) is 31.2 Å². The minimum absolute atomic E-state index is 0.0151. The summed E-state index contributed by atoms with van der Waals surface area (Å²) < 4.78 is 0.954. The second kappa shape index (κ2) is 9.61. The highest BCUT2D eigenvalue weighted by Crippen LogP contribution is 2.22. The predicted molar refractivity (Wildman–Crippen MR) is 116 cm³/mol. The number of hydrogen-bond acceptors (Lipinski definition) is 3. The highest BCUT2D eigenvalue weighted by atomic mass is 79.9. The van der Waals surface area contributed by atoms with Gasteiger partial charge in [-0.05, 0) is 56.4 Å². The van der Waals surface area contributed by atoms with Gasteiger partial charge in [0, 0.05) is 49.3 Å². The second-order valence-electron chi connectivity index (χ2n) is 7.94. The topological polar surface area (TPSA) is 73.0 Å². The Bertz CT molecular complexity index is 771. The summed E-state index contributed by atoms with van der Waals surface area (Å²) in [5, 5.41) is 2.87. The van der Waals surface area contributed by atoms with Crippen molar-refractivity contribution >= 4 is 39.5 Å². The van der Waals surface area contributed by atoms with E-state index in [-0.39, 0.29) is 30.3 Å². The molecule has 0 atom stereocenters. The molecule has 2 aliphatic rings. The van der Waals surface area contributed by atoms with Gasteiger partial charge in [0.25, 0.3) is 0 Å². The normalized spacial score (nSPS) is 17.3. The SMILES string of the molecule is Cc1cc(Br)ccc1NC(=O)CN(C)C(=O)C1CCN(C(=O)N2CCCC2)CC1. The van der Waals surface area contributed by atoms with E-state index in [1.165, 1.54) is 4.90 Å². The summed E-state index contributed by atoms with van der Waals surface area (Å²) in [6.45, 7) is 4.82. The highest BCUT2D eigenvalue weighted by Gasteiger charge is 2.32. The number of anilines is 1. The number of nitrogens with one attached hydrogen (secondary N) is 1. The van der Waals surface area contributed by atoms with Crippen molar-refractivity contribution in [3.8, 4) is 0 Å². The molecular weight excluding hydrogens is 436 g/mol. The van der Waals surface area contributed by atoms with Crippen LogP contribution < -0.4 is 5.32 Å². The summed E-state index contributed by atoms with van der Waals surface area (Å²) in [7, 11) is 1.66.